The van der Waals surface area contributed by atoms with Crippen LogP contribution in [0.4, 0.5) is 0 Å². The molecular formula is C15H10N2S2. The van der Waals surface area contributed by atoms with E-state index in [1.807, 2.05) is 35.7 Å². The molecule has 2 heterocycles. The molecule has 2 N–H and O–H groups in total. The highest BCUT2D eigenvalue weighted by Crippen LogP contribution is 2.32. The smallest absolute Gasteiger partial charge is 0.103 e. The summed E-state index contributed by atoms with van der Waals surface area (Å²) in [5.74, 6) is 0. The van der Waals surface area contributed by atoms with Crippen LogP contribution in [0.25, 0.3) is 21.4 Å². The van der Waals surface area contributed by atoms with Gasteiger partial charge in [0.05, 0.1) is 16.1 Å². The maximum Gasteiger partial charge on any atom is 0.103 e. The molecule has 2 aromatic heterocycles. The summed E-state index contributed by atoms with van der Waals surface area (Å²) < 4.78 is 1.18. The van der Waals surface area contributed by atoms with Crippen LogP contribution < -0.4 is 5.73 Å². The summed E-state index contributed by atoms with van der Waals surface area (Å²) in [4.78, 5) is 1.86. The van der Waals surface area contributed by atoms with Crippen LogP contribution in [0.3, 0.4) is 0 Å². The van der Waals surface area contributed by atoms with Crippen LogP contribution in [-0.4, -0.2) is 0 Å². The van der Waals surface area contributed by atoms with Crippen LogP contribution in [0.15, 0.2) is 47.8 Å². The normalized spacial score (nSPS) is 12.2. The number of rotatable bonds is 2. The van der Waals surface area contributed by atoms with Crippen molar-refractivity contribution in [2.75, 3.05) is 0 Å². The minimum absolute atomic E-state index is 0.557. The number of allylic oxidation sites excluding steroid dienone is 1. The number of fused-ring (bicyclic) bond motifs is 1. The molecule has 92 valence electrons. The second-order valence-electron chi connectivity index (χ2n) is 4.03. The highest BCUT2D eigenvalue weighted by Gasteiger charge is 2.11. The molecule has 19 heavy (non-hydrogen) atoms. The van der Waals surface area contributed by atoms with Crippen LogP contribution in [0.2, 0.25) is 0 Å². The van der Waals surface area contributed by atoms with E-state index in [2.05, 4.69) is 18.2 Å². The first-order chi connectivity index (χ1) is 9.29. The molecule has 2 nitrogen and oxygen atoms in total. The third-order valence-corrected chi connectivity index (χ3v) is 4.88. The molecule has 0 unspecified atom stereocenters. The molecule has 3 rings (SSSR count). The maximum absolute atomic E-state index is 9.33. The van der Waals surface area contributed by atoms with Gasteiger partial charge in [0, 0.05) is 9.58 Å². The molecule has 0 aliphatic carbocycles. The summed E-state index contributed by atoms with van der Waals surface area (Å²) in [6.45, 7) is 0. The topological polar surface area (TPSA) is 49.8 Å². The van der Waals surface area contributed by atoms with Gasteiger partial charge in [-0.1, -0.05) is 24.3 Å². The Morgan fingerprint density at radius 2 is 1.95 bits per heavy atom. The van der Waals surface area contributed by atoms with Crippen LogP contribution in [0, 0.1) is 11.3 Å². The molecule has 3 aromatic rings. The minimum Gasteiger partial charge on any atom is -0.396 e. The molecule has 0 radical (unpaired) electrons. The lowest BCUT2D eigenvalue weighted by molar-refractivity contribution is 1.52. The molecule has 0 aliphatic heterocycles. The van der Waals surface area contributed by atoms with Crippen LogP contribution in [0.1, 0.15) is 9.75 Å². The lowest BCUT2D eigenvalue weighted by Crippen LogP contribution is -1.97. The van der Waals surface area contributed by atoms with Gasteiger partial charge in [-0.2, -0.15) is 5.26 Å². The molecule has 0 spiro atoms. The molecular weight excluding hydrogens is 272 g/mol. The van der Waals surface area contributed by atoms with Crippen LogP contribution >= 0.6 is 22.7 Å². The van der Waals surface area contributed by atoms with E-state index in [1.165, 1.54) is 16.0 Å². The van der Waals surface area contributed by atoms with Gasteiger partial charge in [0.2, 0.25) is 0 Å². The Morgan fingerprint density at radius 1 is 1.11 bits per heavy atom. The van der Waals surface area contributed by atoms with Gasteiger partial charge in [0.1, 0.15) is 6.07 Å². The second-order valence-corrected chi connectivity index (χ2v) is 6.06. The van der Waals surface area contributed by atoms with Crippen molar-refractivity contribution >= 4 is 44.0 Å². The molecule has 0 saturated carbocycles. The van der Waals surface area contributed by atoms with E-state index in [0.29, 0.717) is 11.3 Å². The Balaban J connectivity index is 2.17. The van der Waals surface area contributed by atoms with Gasteiger partial charge < -0.3 is 5.73 Å². The van der Waals surface area contributed by atoms with E-state index in [4.69, 9.17) is 5.73 Å². The number of thiophene rings is 2. The molecule has 0 atom stereocenters. The highest BCUT2D eigenvalue weighted by atomic mass is 32.1. The number of benzene rings is 1. The molecule has 4 heteroatoms. The van der Waals surface area contributed by atoms with Crippen molar-refractivity contribution in [3.63, 3.8) is 0 Å². The van der Waals surface area contributed by atoms with Gasteiger partial charge in [-0.25, -0.2) is 0 Å². The van der Waals surface area contributed by atoms with E-state index in [-0.39, 0.29) is 0 Å². The van der Waals surface area contributed by atoms with E-state index >= 15 is 0 Å². The standard InChI is InChI=1S/C15H10N2S2/c16-9-11(13-6-3-7-18-13)15(17)14-8-10-4-1-2-5-12(10)19-14/h1-8H,17H2/b15-11-. The largest absolute Gasteiger partial charge is 0.396 e. The summed E-state index contributed by atoms with van der Waals surface area (Å²) in [5.41, 5.74) is 7.30. The SMILES string of the molecule is N#C/C(=C(/N)c1cc2ccccc2s1)c1cccs1. The summed E-state index contributed by atoms with van der Waals surface area (Å²) in [5, 5.41) is 12.4. The molecule has 0 fully saturated rings. The Bertz CT molecular complexity index is 756. The molecule has 1 aromatic carbocycles. The van der Waals surface area contributed by atoms with Crippen molar-refractivity contribution in [3.05, 3.63) is 57.6 Å². The number of hydrogen-bond donors (Lipinski definition) is 1. The summed E-state index contributed by atoms with van der Waals surface area (Å²) in [7, 11) is 0. The van der Waals surface area contributed by atoms with Crippen LogP contribution in [-0.2, 0) is 0 Å². The van der Waals surface area contributed by atoms with Crippen molar-refractivity contribution in [1.29, 1.82) is 5.26 Å². The fourth-order valence-corrected chi connectivity index (χ4v) is 3.67. The first kappa shape index (κ1) is 12.0. The summed E-state index contributed by atoms with van der Waals surface area (Å²) in [6, 6.07) is 16.2. The van der Waals surface area contributed by atoms with Gasteiger partial charge in [-0.3, -0.25) is 0 Å². The zero-order valence-electron chi connectivity index (χ0n) is 9.96. The van der Waals surface area contributed by atoms with Crippen molar-refractivity contribution in [1.82, 2.24) is 0 Å². The Hall–Kier alpha value is -2.09. The third-order valence-electron chi connectivity index (χ3n) is 2.84. The number of nitriles is 1. The third kappa shape index (κ3) is 2.14. The van der Waals surface area contributed by atoms with Crippen molar-refractivity contribution in [2.45, 2.75) is 0 Å². The van der Waals surface area contributed by atoms with Crippen molar-refractivity contribution in [2.24, 2.45) is 5.73 Å². The van der Waals surface area contributed by atoms with Gasteiger partial charge in [-0.05, 0) is 29.0 Å². The maximum atomic E-state index is 9.33. The van der Waals surface area contributed by atoms with Crippen molar-refractivity contribution < 1.29 is 0 Å². The average Bonchev–Trinajstić information content (AvgIpc) is 3.08. The molecule has 0 saturated heterocycles. The molecule has 0 bridgehead atoms. The predicted molar refractivity (Wildman–Crippen MR) is 82.8 cm³/mol. The van der Waals surface area contributed by atoms with E-state index in [9.17, 15) is 5.26 Å². The first-order valence-corrected chi connectivity index (χ1v) is 7.42. The minimum atomic E-state index is 0.557. The van der Waals surface area contributed by atoms with Gasteiger partial charge in [0.15, 0.2) is 0 Å². The second kappa shape index (κ2) is 4.88. The first-order valence-electron chi connectivity index (χ1n) is 5.72. The lowest BCUT2D eigenvalue weighted by Gasteiger charge is -2.00. The summed E-state index contributed by atoms with van der Waals surface area (Å²) in [6.07, 6.45) is 0. The van der Waals surface area contributed by atoms with Gasteiger partial charge >= 0.3 is 0 Å². The summed E-state index contributed by atoms with van der Waals surface area (Å²) >= 11 is 3.15. The lowest BCUT2D eigenvalue weighted by atomic mass is 10.1. The van der Waals surface area contributed by atoms with E-state index in [0.717, 1.165) is 15.1 Å². The van der Waals surface area contributed by atoms with Crippen molar-refractivity contribution in [3.8, 4) is 6.07 Å². The molecule has 0 aliphatic rings. The Morgan fingerprint density at radius 3 is 2.63 bits per heavy atom. The zero-order chi connectivity index (χ0) is 13.2. The molecule has 0 amide bonds. The van der Waals surface area contributed by atoms with Gasteiger partial charge in [0.25, 0.3) is 0 Å². The van der Waals surface area contributed by atoms with E-state index < -0.39 is 0 Å². The average molecular weight is 282 g/mol. The number of nitrogens with zero attached hydrogens (tertiary/aromatic N) is 1. The quantitative estimate of drug-likeness (QED) is 0.712. The van der Waals surface area contributed by atoms with Gasteiger partial charge in [-0.15, -0.1) is 22.7 Å². The Kier molecular flexibility index (Phi) is 3.08. The number of nitrogens with two attached hydrogens (primary N) is 1. The Labute approximate surface area is 119 Å². The monoisotopic (exact) mass is 282 g/mol. The van der Waals surface area contributed by atoms with E-state index in [1.54, 1.807) is 11.3 Å². The number of hydrogen-bond acceptors (Lipinski definition) is 4. The zero-order valence-corrected chi connectivity index (χ0v) is 11.6. The predicted octanol–water partition coefficient (Wildman–Crippen LogP) is 4.31. The highest BCUT2D eigenvalue weighted by molar-refractivity contribution is 7.20. The fraction of sp³-hybridized carbons (Fsp3) is 0. The van der Waals surface area contributed by atoms with Crippen LogP contribution in [0.5, 0.6) is 0 Å². The fourth-order valence-electron chi connectivity index (χ4n) is 1.91.